The van der Waals surface area contributed by atoms with Crippen molar-refractivity contribution in [2.24, 2.45) is 11.8 Å². The first-order valence-electron chi connectivity index (χ1n) is 5.80. The third-order valence-electron chi connectivity index (χ3n) is 3.26. The lowest BCUT2D eigenvalue weighted by molar-refractivity contribution is 0.279. The van der Waals surface area contributed by atoms with Gasteiger partial charge in [0.25, 0.3) is 0 Å². The third-order valence-corrected chi connectivity index (χ3v) is 3.26. The van der Waals surface area contributed by atoms with E-state index in [0.29, 0.717) is 12.5 Å². The fourth-order valence-corrected chi connectivity index (χ4v) is 2.19. The highest BCUT2D eigenvalue weighted by atomic mass is 14.9. The van der Waals surface area contributed by atoms with Gasteiger partial charge in [0.1, 0.15) is 5.92 Å². The molecule has 3 nitrogen and oxygen atoms in total. The molecule has 0 aromatic rings. The number of nitrogens with zero attached hydrogens (tertiary/aromatic N) is 2. The lowest BCUT2D eigenvalue weighted by Crippen LogP contribution is -2.38. The molecule has 0 aromatic heterocycles. The Morgan fingerprint density at radius 3 is 2.53 bits per heavy atom. The molecule has 0 aliphatic heterocycles. The largest absolute Gasteiger partial charge is 0.314 e. The summed E-state index contributed by atoms with van der Waals surface area (Å²) in [5.74, 6) is 0.290. The number of hydrogen-bond donors (Lipinski definition) is 1. The smallest absolute Gasteiger partial charge is 0.134 e. The minimum absolute atomic E-state index is 0.448. The van der Waals surface area contributed by atoms with Crippen molar-refractivity contribution < 1.29 is 0 Å². The van der Waals surface area contributed by atoms with Crippen LogP contribution in [0.25, 0.3) is 0 Å². The Morgan fingerprint density at radius 1 is 1.27 bits per heavy atom. The first-order chi connectivity index (χ1) is 7.27. The number of nitrogens with one attached hydrogen (secondary N) is 1. The highest BCUT2D eigenvalue weighted by Gasteiger charge is 2.20. The lowest BCUT2D eigenvalue weighted by atomic mass is 9.86. The molecule has 0 radical (unpaired) electrons. The lowest BCUT2D eigenvalue weighted by Gasteiger charge is -2.29. The van der Waals surface area contributed by atoms with E-state index >= 15 is 0 Å². The maximum atomic E-state index is 8.61. The van der Waals surface area contributed by atoms with Gasteiger partial charge in [0.2, 0.25) is 0 Å². The average Bonchev–Trinajstić information content (AvgIpc) is 2.27. The van der Waals surface area contributed by atoms with Gasteiger partial charge < -0.3 is 5.32 Å². The highest BCUT2D eigenvalue weighted by Crippen LogP contribution is 2.23. The van der Waals surface area contributed by atoms with Crippen LogP contribution in [0.4, 0.5) is 0 Å². The molecule has 1 N–H and O–H groups in total. The second-order valence-electron chi connectivity index (χ2n) is 4.42. The summed E-state index contributed by atoms with van der Waals surface area (Å²) in [5, 5.41) is 20.7. The van der Waals surface area contributed by atoms with Crippen molar-refractivity contribution in [3.63, 3.8) is 0 Å². The number of hydrogen-bond acceptors (Lipinski definition) is 3. The van der Waals surface area contributed by atoms with Crippen LogP contribution in [0.5, 0.6) is 0 Å². The molecule has 0 saturated heterocycles. The van der Waals surface area contributed by atoms with Gasteiger partial charge >= 0.3 is 0 Å². The Kier molecular flexibility index (Phi) is 5.15. The molecule has 3 heteroatoms. The molecular weight excluding hydrogens is 186 g/mol. The predicted molar refractivity (Wildman–Crippen MR) is 58.8 cm³/mol. The standard InChI is InChI=1S/C12H19N3/c1-10-4-2-3-5-12(10)15-7-6-11(8-13)9-14/h10-12,15H,2-7H2,1H3. The van der Waals surface area contributed by atoms with Crippen LogP contribution in [0.1, 0.15) is 39.0 Å². The Balaban J connectivity index is 2.19. The molecule has 82 valence electrons. The zero-order valence-corrected chi connectivity index (χ0v) is 9.37. The van der Waals surface area contributed by atoms with Crippen LogP contribution >= 0.6 is 0 Å². The molecule has 1 rings (SSSR count). The van der Waals surface area contributed by atoms with Crippen molar-refractivity contribution in [2.75, 3.05) is 6.54 Å². The Hall–Kier alpha value is -1.06. The molecule has 1 fully saturated rings. The monoisotopic (exact) mass is 205 g/mol. The van der Waals surface area contributed by atoms with Crippen molar-refractivity contribution in [3.05, 3.63) is 0 Å². The van der Waals surface area contributed by atoms with Crippen LogP contribution in [-0.2, 0) is 0 Å². The van der Waals surface area contributed by atoms with Crippen molar-refractivity contribution in [1.29, 1.82) is 10.5 Å². The van der Waals surface area contributed by atoms with Gasteiger partial charge in [-0.15, -0.1) is 0 Å². The maximum Gasteiger partial charge on any atom is 0.134 e. The zero-order valence-electron chi connectivity index (χ0n) is 9.37. The van der Waals surface area contributed by atoms with Crippen LogP contribution in [0.3, 0.4) is 0 Å². The molecule has 0 aromatic carbocycles. The second kappa shape index (κ2) is 6.43. The van der Waals surface area contributed by atoms with Gasteiger partial charge in [0.05, 0.1) is 12.1 Å². The summed E-state index contributed by atoms with van der Waals surface area (Å²) in [6.07, 6.45) is 5.85. The van der Waals surface area contributed by atoms with Gasteiger partial charge in [-0.05, 0) is 31.7 Å². The molecule has 1 saturated carbocycles. The van der Waals surface area contributed by atoms with E-state index in [0.717, 1.165) is 12.5 Å². The first-order valence-corrected chi connectivity index (χ1v) is 5.80. The molecule has 2 unspecified atom stereocenters. The SMILES string of the molecule is CC1CCCCC1NCCC(C#N)C#N. The Morgan fingerprint density at radius 2 is 1.93 bits per heavy atom. The van der Waals surface area contributed by atoms with Gasteiger partial charge in [-0.25, -0.2) is 0 Å². The van der Waals surface area contributed by atoms with Crippen LogP contribution in [0.2, 0.25) is 0 Å². The van der Waals surface area contributed by atoms with Crippen molar-refractivity contribution in [2.45, 2.75) is 45.1 Å². The van der Waals surface area contributed by atoms with Crippen LogP contribution in [0.15, 0.2) is 0 Å². The van der Waals surface area contributed by atoms with Crippen LogP contribution in [-0.4, -0.2) is 12.6 Å². The summed E-state index contributed by atoms with van der Waals surface area (Å²) in [7, 11) is 0. The Bertz CT molecular complexity index is 247. The predicted octanol–water partition coefficient (Wildman–Crippen LogP) is 2.21. The van der Waals surface area contributed by atoms with Gasteiger partial charge in [-0.3, -0.25) is 0 Å². The van der Waals surface area contributed by atoms with E-state index in [2.05, 4.69) is 12.2 Å². The van der Waals surface area contributed by atoms with E-state index in [-0.39, 0.29) is 0 Å². The zero-order chi connectivity index (χ0) is 11.1. The molecule has 0 bridgehead atoms. The fraction of sp³-hybridized carbons (Fsp3) is 0.833. The van der Waals surface area contributed by atoms with E-state index < -0.39 is 5.92 Å². The van der Waals surface area contributed by atoms with E-state index in [1.807, 2.05) is 12.1 Å². The minimum Gasteiger partial charge on any atom is -0.314 e. The number of rotatable bonds is 4. The molecule has 0 spiro atoms. The second-order valence-corrected chi connectivity index (χ2v) is 4.42. The molecular formula is C12H19N3. The normalized spacial score (nSPS) is 25.9. The first kappa shape index (κ1) is 12.0. The summed E-state index contributed by atoms with van der Waals surface area (Å²) in [4.78, 5) is 0. The number of nitriles is 2. The van der Waals surface area contributed by atoms with E-state index in [9.17, 15) is 0 Å². The summed E-state index contributed by atoms with van der Waals surface area (Å²) in [6, 6.07) is 4.59. The van der Waals surface area contributed by atoms with Gasteiger partial charge in [0.15, 0.2) is 0 Å². The van der Waals surface area contributed by atoms with Crippen molar-refractivity contribution in [1.82, 2.24) is 5.32 Å². The van der Waals surface area contributed by atoms with Crippen LogP contribution < -0.4 is 5.32 Å². The minimum atomic E-state index is -0.448. The van der Waals surface area contributed by atoms with E-state index in [1.165, 1.54) is 25.7 Å². The summed E-state index contributed by atoms with van der Waals surface area (Å²) in [5.41, 5.74) is 0. The van der Waals surface area contributed by atoms with Crippen molar-refractivity contribution >= 4 is 0 Å². The molecule has 0 heterocycles. The fourth-order valence-electron chi connectivity index (χ4n) is 2.19. The molecule has 15 heavy (non-hydrogen) atoms. The van der Waals surface area contributed by atoms with Gasteiger partial charge in [0, 0.05) is 6.04 Å². The molecule has 1 aliphatic carbocycles. The van der Waals surface area contributed by atoms with Gasteiger partial charge in [-0.2, -0.15) is 10.5 Å². The van der Waals surface area contributed by atoms with Gasteiger partial charge in [-0.1, -0.05) is 19.8 Å². The highest BCUT2D eigenvalue weighted by molar-refractivity contribution is 4.99. The third kappa shape index (κ3) is 3.90. The Labute approximate surface area is 92.1 Å². The van der Waals surface area contributed by atoms with E-state index in [1.54, 1.807) is 0 Å². The molecule has 0 amide bonds. The average molecular weight is 205 g/mol. The summed E-state index contributed by atoms with van der Waals surface area (Å²) in [6.45, 7) is 3.07. The summed E-state index contributed by atoms with van der Waals surface area (Å²) < 4.78 is 0. The quantitative estimate of drug-likeness (QED) is 0.765. The summed E-state index contributed by atoms with van der Waals surface area (Å²) >= 11 is 0. The van der Waals surface area contributed by atoms with Crippen LogP contribution in [0, 0.1) is 34.5 Å². The maximum absolute atomic E-state index is 8.61. The topological polar surface area (TPSA) is 59.6 Å². The van der Waals surface area contributed by atoms with Crippen molar-refractivity contribution in [3.8, 4) is 12.1 Å². The molecule has 2 atom stereocenters. The molecule has 1 aliphatic rings. The van der Waals surface area contributed by atoms with E-state index in [4.69, 9.17) is 10.5 Å².